The minimum atomic E-state index is -0.124. The van der Waals surface area contributed by atoms with Crippen LogP contribution >= 0.6 is 0 Å². The fourth-order valence-electron chi connectivity index (χ4n) is 3.80. The van der Waals surface area contributed by atoms with Gasteiger partial charge in [-0.3, -0.25) is 4.79 Å². The highest BCUT2D eigenvalue weighted by molar-refractivity contribution is 5.99. The van der Waals surface area contributed by atoms with Crippen molar-refractivity contribution in [3.63, 3.8) is 0 Å². The second-order valence-electron chi connectivity index (χ2n) is 7.61. The van der Waals surface area contributed by atoms with Crippen LogP contribution in [0.2, 0.25) is 0 Å². The van der Waals surface area contributed by atoms with Gasteiger partial charge in [0.05, 0.1) is 12.2 Å². The number of carbonyl (C=O) groups excluding carboxylic acids is 1. The quantitative estimate of drug-likeness (QED) is 0.483. The van der Waals surface area contributed by atoms with Gasteiger partial charge in [-0.25, -0.2) is 9.97 Å². The molecule has 0 saturated heterocycles. The van der Waals surface area contributed by atoms with Crippen molar-refractivity contribution in [3.8, 4) is 23.1 Å². The van der Waals surface area contributed by atoms with Gasteiger partial charge in [0, 0.05) is 32.4 Å². The molecule has 0 spiro atoms. The van der Waals surface area contributed by atoms with Crippen molar-refractivity contribution in [1.29, 1.82) is 0 Å². The van der Waals surface area contributed by atoms with E-state index in [2.05, 4.69) is 15.0 Å². The van der Waals surface area contributed by atoms with Gasteiger partial charge in [0.2, 0.25) is 0 Å². The lowest BCUT2D eigenvalue weighted by Gasteiger charge is -2.28. The molecule has 0 fully saturated rings. The summed E-state index contributed by atoms with van der Waals surface area (Å²) in [5, 5.41) is 0. The van der Waals surface area contributed by atoms with Gasteiger partial charge in [-0.15, -0.1) is 0 Å². The second kappa shape index (κ2) is 8.14. The van der Waals surface area contributed by atoms with Gasteiger partial charge in [-0.1, -0.05) is 30.3 Å². The minimum absolute atomic E-state index is 0.101. The summed E-state index contributed by atoms with van der Waals surface area (Å²) in [5.74, 6) is 1.68. The molecule has 8 heteroatoms. The van der Waals surface area contributed by atoms with Crippen molar-refractivity contribution >= 4 is 11.7 Å². The van der Waals surface area contributed by atoms with E-state index in [1.54, 1.807) is 23.2 Å². The number of hydrogen-bond donors (Lipinski definition) is 0. The van der Waals surface area contributed by atoms with Gasteiger partial charge < -0.3 is 19.0 Å². The molecule has 0 aliphatic carbocycles. The highest BCUT2D eigenvalue weighted by Crippen LogP contribution is 2.32. The number of hydrogen-bond acceptors (Lipinski definition) is 7. The van der Waals surface area contributed by atoms with Gasteiger partial charge in [-0.2, -0.15) is 4.98 Å². The molecule has 5 rings (SSSR count). The number of aromatic nitrogens is 3. The monoisotopic (exact) mass is 427 g/mol. The molecular formula is C24H21N5O3. The molecule has 1 unspecified atom stereocenters. The van der Waals surface area contributed by atoms with Gasteiger partial charge in [-0.05, 0) is 29.8 Å². The van der Waals surface area contributed by atoms with E-state index in [9.17, 15) is 4.79 Å². The molecule has 2 aromatic carbocycles. The van der Waals surface area contributed by atoms with Crippen LogP contribution in [0.4, 0.5) is 5.82 Å². The summed E-state index contributed by atoms with van der Waals surface area (Å²) >= 11 is 0. The molecule has 0 bridgehead atoms. The Balaban J connectivity index is 1.40. The van der Waals surface area contributed by atoms with Crippen LogP contribution in [0.25, 0.3) is 11.3 Å². The van der Waals surface area contributed by atoms with Crippen molar-refractivity contribution < 1.29 is 13.9 Å². The van der Waals surface area contributed by atoms with Crippen LogP contribution in [-0.2, 0) is 0 Å². The summed E-state index contributed by atoms with van der Waals surface area (Å²) in [6, 6.07) is 17.4. The van der Waals surface area contributed by atoms with Crippen LogP contribution in [0.1, 0.15) is 22.0 Å². The van der Waals surface area contributed by atoms with E-state index in [1.165, 1.54) is 12.6 Å². The van der Waals surface area contributed by atoms with E-state index in [-0.39, 0.29) is 18.0 Å². The van der Waals surface area contributed by atoms with Gasteiger partial charge in [0.15, 0.2) is 12.2 Å². The summed E-state index contributed by atoms with van der Waals surface area (Å²) in [6.07, 6.45) is 4.57. The number of anilines is 1. The smallest absolute Gasteiger partial charge is 0.323 e. The molecule has 2 aromatic heterocycles. The van der Waals surface area contributed by atoms with E-state index in [0.717, 1.165) is 11.1 Å². The van der Waals surface area contributed by atoms with E-state index in [0.29, 0.717) is 29.4 Å². The Bertz CT molecular complexity index is 1230. The van der Waals surface area contributed by atoms with Crippen molar-refractivity contribution in [2.24, 2.45) is 0 Å². The van der Waals surface area contributed by atoms with Crippen LogP contribution in [-0.4, -0.2) is 46.4 Å². The topological polar surface area (TPSA) is 84.6 Å². The third-order valence-electron chi connectivity index (χ3n) is 5.54. The predicted molar refractivity (Wildman–Crippen MR) is 119 cm³/mol. The summed E-state index contributed by atoms with van der Waals surface area (Å²) in [5.41, 5.74) is 2.40. The maximum Gasteiger partial charge on any atom is 0.323 e. The highest BCUT2D eigenvalue weighted by atomic mass is 16.5. The first-order valence-electron chi connectivity index (χ1n) is 10.2. The van der Waals surface area contributed by atoms with Crippen LogP contribution in [0.5, 0.6) is 11.8 Å². The third kappa shape index (κ3) is 3.66. The lowest BCUT2D eigenvalue weighted by Crippen LogP contribution is -2.34. The molecule has 1 amide bonds. The number of rotatable bonds is 4. The van der Waals surface area contributed by atoms with Crippen LogP contribution in [0.15, 0.2) is 77.8 Å². The van der Waals surface area contributed by atoms with Gasteiger partial charge in [0.25, 0.3) is 5.91 Å². The summed E-state index contributed by atoms with van der Waals surface area (Å²) < 4.78 is 11.2. The Morgan fingerprint density at radius 2 is 1.81 bits per heavy atom. The summed E-state index contributed by atoms with van der Waals surface area (Å²) in [7, 11) is 3.73. The predicted octanol–water partition coefficient (Wildman–Crippen LogP) is 4.19. The summed E-state index contributed by atoms with van der Waals surface area (Å²) in [4.78, 5) is 29.6. The first-order chi connectivity index (χ1) is 15.6. The number of amides is 1. The largest absolute Gasteiger partial charge is 0.444 e. The number of benzene rings is 2. The van der Waals surface area contributed by atoms with E-state index in [1.807, 2.05) is 61.5 Å². The van der Waals surface area contributed by atoms with E-state index in [4.69, 9.17) is 9.15 Å². The molecule has 160 valence electrons. The average molecular weight is 427 g/mol. The number of ether oxygens (including phenoxy) is 1. The van der Waals surface area contributed by atoms with Gasteiger partial charge in [0.1, 0.15) is 17.1 Å². The van der Waals surface area contributed by atoms with Crippen molar-refractivity contribution in [3.05, 3.63) is 84.5 Å². The average Bonchev–Trinajstić information content (AvgIpc) is 3.35. The zero-order valence-corrected chi connectivity index (χ0v) is 17.7. The number of nitrogens with zero attached hydrogens (tertiary/aromatic N) is 5. The van der Waals surface area contributed by atoms with Gasteiger partial charge >= 0.3 is 6.01 Å². The van der Waals surface area contributed by atoms with Crippen molar-refractivity contribution in [2.75, 3.05) is 25.5 Å². The fraction of sp³-hybridized carbons (Fsp3) is 0.167. The second-order valence-corrected chi connectivity index (χ2v) is 7.61. The molecule has 0 N–H and O–H groups in total. The zero-order chi connectivity index (χ0) is 22.1. The Labute approximate surface area is 185 Å². The van der Waals surface area contributed by atoms with Crippen molar-refractivity contribution in [2.45, 2.75) is 6.04 Å². The number of likely N-dealkylation sites (N-methyl/N-ethyl adjacent to an activating group) is 2. The van der Waals surface area contributed by atoms with Crippen LogP contribution < -0.4 is 9.64 Å². The molecule has 8 nitrogen and oxygen atoms in total. The Kier molecular flexibility index (Phi) is 5.03. The molecule has 1 aliphatic heterocycles. The third-order valence-corrected chi connectivity index (χ3v) is 5.54. The molecule has 0 radical (unpaired) electrons. The molecular weight excluding hydrogens is 406 g/mol. The SMILES string of the molecule is CN1CC(c2ccccc2)N(C)C(=O)c2cnc(Oc3ccc(-c4cnco4)cc3)nc21. The summed E-state index contributed by atoms with van der Waals surface area (Å²) in [6.45, 7) is 0.599. The molecule has 3 heterocycles. The normalized spacial score (nSPS) is 15.9. The molecule has 1 aliphatic rings. The standard InChI is InChI=1S/C24H21N5O3/c1-28-14-20(16-6-4-3-5-7-16)29(2)23(30)19-12-26-24(27-22(19)28)32-18-10-8-17(9-11-18)21-13-25-15-31-21/h3-13,15,20H,14H2,1-2H3. The Morgan fingerprint density at radius 3 is 2.53 bits per heavy atom. The van der Waals surface area contributed by atoms with Crippen LogP contribution in [0.3, 0.4) is 0 Å². The van der Waals surface area contributed by atoms with Crippen LogP contribution in [0, 0.1) is 0 Å². The first kappa shape index (κ1) is 19.7. The number of oxazole rings is 1. The van der Waals surface area contributed by atoms with E-state index >= 15 is 0 Å². The lowest BCUT2D eigenvalue weighted by molar-refractivity contribution is 0.0743. The highest BCUT2D eigenvalue weighted by Gasteiger charge is 2.32. The maximum atomic E-state index is 13.1. The molecule has 0 saturated carbocycles. The van der Waals surface area contributed by atoms with E-state index < -0.39 is 0 Å². The molecule has 32 heavy (non-hydrogen) atoms. The number of carbonyl (C=O) groups is 1. The first-order valence-corrected chi connectivity index (χ1v) is 10.2. The Morgan fingerprint density at radius 1 is 1.03 bits per heavy atom. The zero-order valence-electron chi connectivity index (χ0n) is 17.7. The lowest BCUT2D eigenvalue weighted by atomic mass is 10.1. The molecule has 1 atom stereocenters. The Hall–Kier alpha value is -4.20. The minimum Gasteiger partial charge on any atom is -0.444 e. The van der Waals surface area contributed by atoms with Crippen molar-refractivity contribution in [1.82, 2.24) is 19.9 Å². The maximum absolute atomic E-state index is 13.1. The number of fused-ring (bicyclic) bond motifs is 1. The molecule has 4 aromatic rings. The fourth-order valence-corrected chi connectivity index (χ4v) is 3.80.